The minimum absolute atomic E-state index is 0.221. The summed E-state index contributed by atoms with van der Waals surface area (Å²) in [7, 11) is -1.82. The van der Waals surface area contributed by atoms with E-state index in [0.717, 1.165) is 0 Å². The average molecular weight is 476 g/mol. The van der Waals surface area contributed by atoms with Gasteiger partial charge in [0.25, 0.3) is 5.91 Å². The summed E-state index contributed by atoms with van der Waals surface area (Å²) in [6.45, 7) is 0. The van der Waals surface area contributed by atoms with Crippen LogP contribution >= 0.6 is 0 Å². The summed E-state index contributed by atoms with van der Waals surface area (Å²) in [5.41, 5.74) is 1.66. The first-order valence-electron chi connectivity index (χ1n) is 10.3. The van der Waals surface area contributed by atoms with Crippen LogP contribution in [0.2, 0.25) is 0 Å². The molecule has 0 unspecified atom stereocenters. The van der Waals surface area contributed by atoms with Gasteiger partial charge in [0.1, 0.15) is 5.75 Å². The summed E-state index contributed by atoms with van der Waals surface area (Å²) in [6.07, 6.45) is 3.06. The Bertz CT molecular complexity index is 1430. The number of aryl methyl sites for hydroxylation is 1. The predicted molar refractivity (Wildman–Crippen MR) is 126 cm³/mol. The van der Waals surface area contributed by atoms with Gasteiger partial charge in [-0.25, -0.2) is 13.2 Å². The highest BCUT2D eigenvalue weighted by Crippen LogP contribution is 2.20. The van der Waals surface area contributed by atoms with E-state index in [1.807, 2.05) is 0 Å². The fourth-order valence-electron chi connectivity index (χ4n) is 3.23. The summed E-state index contributed by atoms with van der Waals surface area (Å²) in [4.78, 5) is 25.0. The summed E-state index contributed by atoms with van der Waals surface area (Å²) in [6, 6.07) is 20.8. The van der Waals surface area contributed by atoms with Crippen LogP contribution in [0.15, 0.2) is 96.2 Å². The molecule has 172 valence electrons. The molecule has 0 bridgehead atoms. The minimum Gasteiger partial charge on any atom is -0.423 e. The summed E-state index contributed by atoms with van der Waals surface area (Å²) in [5.74, 6) is -0.874. The normalized spacial score (nSPS) is 11.1. The Morgan fingerprint density at radius 3 is 2.35 bits per heavy atom. The molecule has 8 nitrogen and oxygen atoms in total. The molecule has 1 aromatic heterocycles. The molecule has 1 amide bonds. The maximum atomic E-state index is 12.6. The number of sulfone groups is 1. The van der Waals surface area contributed by atoms with Crippen LogP contribution < -0.4 is 10.1 Å². The summed E-state index contributed by atoms with van der Waals surface area (Å²) >= 11 is 0. The molecule has 3 aromatic carbocycles. The number of carbonyl (C=O) groups is 2. The number of carbonyl (C=O) groups excluding carboxylic acids is 2. The van der Waals surface area contributed by atoms with Gasteiger partial charge in [-0.15, -0.1) is 0 Å². The van der Waals surface area contributed by atoms with E-state index in [0.29, 0.717) is 16.8 Å². The summed E-state index contributed by atoms with van der Waals surface area (Å²) in [5, 5.41) is 6.70. The molecule has 0 saturated carbocycles. The van der Waals surface area contributed by atoms with Gasteiger partial charge in [-0.1, -0.05) is 30.3 Å². The molecule has 0 saturated heterocycles. The quantitative estimate of drug-likeness (QED) is 0.321. The molecule has 4 rings (SSSR count). The Morgan fingerprint density at radius 1 is 0.941 bits per heavy atom. The minimum atomic E-state index is -3.54. The zero-order valence-corrected chi connectivity index (χ0v) is 19.0. The van der Waals surface area contributed by atoms with Gasteiger partial charge in [-0.05, 0) is 54.1 Å². The maximum Gasteiger partial charge on any atom is 0.343 e. The van der Waals surface area contributed by atoms with Crippen molar-refractivity contribution < 1.29 is 22.7 Å². The highest BCUT2D eigenvalue weighted by atomic mass is 32.2. The maximum absolute atomic E-state index is 12.6. The second-order valence-electron chi connectivity index (χ2n) is 7.54. The van der Waals surface area contributed by atoms with Crippen LogP contribution in [0.4, 0.5) is 5.69 Å². The molecule has 0 spiro atoms. The van der Waals surface area contributed by atoms with Gasteiger partial charge in [0.15, 0.2) is 9.84 Å². The van der Waals surface area contributed by atoms with Gasteiger partial charge in [-0.2, -0.15) is 5.10 Å². The third-order valence-corrected chi connectivity index (χ3v) is 6.62. The number of nitrogens with one attached hydrogen (secondary N) is 1. The third kappa shape index (κ3) is 5.57. The van der Waals surface area contributed by atoms with Crippen molar-refractivity contribution in [1.82, 2.24) is 9.78 Å². The van der Waals surface area contributed by atoms with Gasteiger partial charge in [0.2, 0.25) is 0 Å². The molecule has 0 aliphatic heterocycles. The second kappa shape index (κ2) is 9.72. The fourth-order valence-corrected chi connectivity index (χ4v) is 4.59. The topological polar surface area (TPSA) is 107 Å². The van der Waals surface area contributed by atoms with Crippen LogP contribution in [0.3, 0.4) is 0 Å². The molecule has 1 heterocycles. The standard InChI is InChI=1S/C25H21N3O5S/c1-28-16-20(15-26-28)24(29)27-21-10-12-22(13-11-21)33-25(30)19-7-5-6-18(14-19)17-34(31,32)23-8-3-2-4-9-23/h2-16H,17H2,1H3,(H,27,29). The van der Waals surface area contributed by atoms with Crippen molar-refractivity contribution in [2.24, 2.45) is 7.05 Å². The van der Waals surface area contributed by atoms with E-state index in [1.54, 1.807) is 73.9 Å². The lowest BCUT2D eigenvalue weighted by atomic mass is 10.1. The molecular formula is C25H21N3O5S. The SMILES string of the molecule is Cn1cc(C(=O)Nc2ccc(OC(=O)c3cccc(CS(=O)(=O)c4ccccc4)c3)cc2)cn1. The number of amides is 1. The highest BCUT2D eigenvalue weighted by molar-refractivity contribution is 7.90. The predicted octanol–water partition coefficient (Wildman–Crippen LogP) is 3.87. The largest absolute Gasteiger partial charge is 0.423 e. The van der Waals surface area contributed by atoms with Gasteiger partial charge in [-0.3, -0.25) is 9.48 Å². The number of hydrogen-bond acceptors (Lipinski definition) is 6. The Balaban J connectivity index is 1.40. The first kappa shape index (κ1) is 22.9. The van der Waals surface area contributed by atoms with E-state index in [1.165, 1.54) is 29.1 Å². The molecule has 9 heteroatoms. The van der Waals surface area contributed by atoms with E-state index in [4.69, 9.17) is 4.74 Å². The molecule has 0 aliphatic rings. The molecule has 1 N–H and O–H groups in total. The van der Waals surface area contributed by atoms with Crippen LogP contribution in [0.5, 0.6) is 5.75 Å². The number of aromatic nitrogens is 2. The lowest BCUT2D eigenvalue weighted by molar-refractivity contribution is 0.0734. The van der Waals surface area contributed by atoms with Crippen molar-refractivity contribution >= 4 is 27.4 Å². The molecule has 0 radical (unpaired) electrons. The molecule has 4 aromatic rings. The van der Waals surface area contributed by atoms with E-state index in [2.05, 4.69) is 10.4 Å². The number of rotatable bonds is 7. The first-order chi connectivity index (χ1) is 16.3. The number of nitrogens with zero attached hydrogens (tertiary/aromatic N) is 2. The van der Waals surface area contributed by atoms with Crippen LogP contribution in [-0.2, 0) is 22.6 Å². The average Bonchev–Trinajstić information content (AvgIpc) is 3.27. The molecule has 0 aliphatic carbocycles. The molecule has 0 atom stereocenters. The number of anilines is 1. The lowest BCUT2D eigenvalue weighted by Gasteiger charge is -2.08. The zero-order chi connectivity index (χ0) is 24.1. The van der Waals surface area contributed by atoms with Crippen molar-refractivity contribution in [3.05, 3.63) is 108 Å². The van der Waals surface area contributed by atoms with Gasteiger partial charge >= 0.3 is 5.97 Å². The van der Waals surface area contributed by atoms with Gasteiger partial charge < -0.3 is 10.1 Å². The van der Waals surface area contributed by atoms with Crippen molar-refractivity contribution in [3.63, 3.8) is 0 Å². The number of hydrogen-bond donors (Lipinski definition) is 1. The van der Waals surface area contributed by atoms with Crippen LogP contribution in [0.1, 0.15) is 26.3 Å². The van der Waals surface area contributed by atoms with Crippen molar-refractivity contribution in [2.45, 2.75) is 10.6 Å². The molecule has 0 fully saturated rings. The van der Waals surface area contributed by atoms with E-state index < -0.39 is 15.8 Å². The van der Waals surface area contributed by atoms with Crippen molar-refractivity contribution in [1.29, 1.82) is 0 Å². The van der Waals surface area contributed by atoms with Crippen molar-refractivity contribution in [2.75, 3.05) is 5.32 Å². The van der Waals surface area contributed by atoms with E-state index >= 15 is 0 Å². The molecular weight excluding hydrogens is 454 g/mol. The lowest BCUT2D eigenvalue weighted by Crippen LogP contribution is -2.12. The zero-order valence-electron chi connectivity index (χ0n) is 18.2. The monoisotopic (exact) mass is 475 g/mol. The summed E-state index contributed by atoms with van der Waals surface area (Å²) < 4.78 is 32.2. The Kier molecular flexibility index (Phi) is 6.55. The second-order valence-corrected chi connectivity index (χ2v) is 9.53. The highest BCUT2D eigenvalue weighted by Gasteiger charge is 2.17. The number of benzene rings is 3. The Hall–Kier alpha value is -4.24. The van der Waals surface area contributed by atoms with Crippen LogP contribution in [-0.4, -0.2) is 30.1 Å². The third-order valence-electron chi connectivity index (χ3n) is 4.91. The fraction of sp³-hybridized carbons (Fsp3) is 0.0800. The van der Waals surface area contributed by atoms with Gasteiger partial charge in [0.05, 0.1) is 28.0 Å². The van der Waals surface area contributed by atoms with Crippen molar-refractivity contribution in [3.8, 4) is 5.75 Å². The smallest absolute Gasteiger partial charge is 0.343 e. The Labute approximate surface area is 196 Å². The van der Waals surface area contributed by atoms with Gasteiger partial charge in [0, 0.05) is 18.9 Å². The number of ether oxygens (including phenoxy) is 1. The Morgan fingerprint density at radius 2 is 1.68 bits per heavy atom. The first-order valence-corrected chi connectivity index (χ1v) is 11.9. The van der Waals surface area contributed by atoms with Crippen LogP contribution in [0, 0.1) is 0 Å². The van der Waals surface area contributed by atoms with Crippen LogP contribution in [0.25, 0.3) is 0 Å². The number of esters is 1. The molecule has 34 heavy (non-hydrogen) atoms. The van der Waals surface area contributed by atoms with E-state index in [9.17, 15) is 18.0 Å². The van der Waals surface area contributed by atoms with E-state index in [-0.39, 0.29) is 27.9 Å².